The minimum Gasteiger partial charge on any atom is -0.494 e. The van der Waals surface area contributed by atoms with Crippen LogP contribution in [0.25, 0.3) is 0 Å². The lowest BCUT2D eigenvalue weighted by molar-refractivity contribution is -0.0248. The van der Waals surface area contributed by atoms with Crippen molar-refractivity contribution in [1.82, 2.24) is 14.9 Å². The molecule has 7 nitrogen and oxygen atoms in total. The van der Waals surface area contributed by atoms with Crippen LogP contribution in [0.2, 0.25) is 0 Å². The van der Waals surface area contributed by atoms with E-state index in [2.05, 4.69) is 17.1 Å². The molecule has 31 heavy (non-hydrogen) atoms. The molecule has 1 aliphatic heterocycles. The Labute approximate surface area is 181 Å². The Hall–Kier alpha value is -3.45. The number of ether oxygens (including phenoxy) is 2. The van der Waals surface area contributed by atoms with Gasteiger partial charge in [-0.15, -0.1) is 0 Å². The number of carbonyl (C=O) groups is 1. The van der Waals surface area contributed by atoms with Crippen molar-refractivity contribution in [3.05, 3.63) is 83.3 Å². The highest BCUT2D eigenvalue weighted by molar-refractivity contribution is 5.94. The lowest BCUT2D eigenvalue weighted by atomic mass is 10.1. The highest BCUT2D eigenvalue weighted by atomic mass is 16.5. The number of nitrogen functional groups attached to an aromatic ring is 1. The first kappa shape index (κ1) is 20.8. The van der Waals surface area contributed by atoms with Crippen molar-refractivity contribution in [1.29, 1.82) is 0 Å². The van der Waals surface area contributed by atoms with Gasteiger partial charge in [0.25, 0.3) is 5.91 Å². The SMILES string of the molecule is CCOc1ccc(Cc2cccc(C3CN(C(=O)c4ccc(N)nc4)CCO3)n2)cc1. The van der Waals surface area contributed by atoms with E-state index in [9.17, 15) is 4.79 Å². The van der Waals surface area contributed by atoms with Crippen molar-refractivity contribution < 1.29 is 14.3 Å². The Kier molecular flexibility index (Phi) is 6.43. The summed E-state index contributed by atoms with van der Waals surface area (Å²) in [6, 6.07) is 17.3. The Morgan fingerprint density at radius 3 is 2.77 bits per heavy atom. The van der Waals surface area contributed by atoms with E-state index in [0.29, 0.717) is 44.1 Å². The fraction of sp³-hybridized carbons (Fsp3) is 0.292. The number of aromatic nitrogens is 2. The van der Waals surface area contributed by atoms with Gasteiger partial charge in [-0.2, -0.15) is 0 Å². The quantitative estimate of drug-likeness (QED) is 0.661. The number of amides is 1. The van der Waals surface area contributed by atoms with Gasteiger partial charge in [-0.1, -0.05) is 18.2 Å². The Bertz CT molecular complexity index is 1020. The normalized spacial score (nSPS) is 16.2. The van der Waals surface area contributed by atoms with Gasteiger partial charge < -0.3 is 20.1 Å². The molecule has 2 N–H and O–H groups in total. The number of hydrogen-bond donors (Lipinski definition) is 1. The Balaban J connectivity index is 1.44. The second-order valence-corrected chi connectivity index (χ2v) is 7.39. The molecule has 1 amide bonds. The molecule has 0 aliphatic carbocycles. The Morgan fingerprint density at radius 2 is 2.03 bits per heavy atom. The van der Waals surface area contributed by atoms with E-state index in [0.717, 1.165) is 22.7 Å². The number of nitrogens with two attached hydrogens (primary N) is 1. The fourth-order valence-electron chi connectivity index (χ4n) is 3.58. The van der Waals surface area contributed by atoms with Gasteiger partial charge in [0.1, 0.15) is 17.7 Å². The first-order chi connectivity index (χ1) is 15.1. The average molecular weight is 418 g/mol. The molecule has 3 heterocycles. The summed E-state index contributed by atoms with van der Waals surface area (Å²) in [5.74, 6) is 1.18. The number of rotatable bonds is 6. The summed E-state index contributed by atoms with van der Waals surface area (Å²) in [6.07, 6.45) is 1.96. The predicted molar refractivity (Wildman–Crippen MR) is 118 cm³/mol. The molecule has 7 heteroatoms. The van der Waals surface area contributed by atoms with Crippen molar-refractivity contribution in [2.45, 2.75) is 19.4 Å². The molecule has 3 aromatic rings. The monoisotopic (exact) mass is 418 g/mol. The molecular weight excluding hydrogens is 392 g/mol. The number of morpholine rings is 1. The first-order valence-corrected chi connectivity index (χ1v) is 10.4. The number of nitrogens with zero attached hydrogens (tertiary/aromatic N) is 3. The molecule has 160 valence electrons. The van der Waals surface area contributed by atoms with Crippen LogP contribution in [0.3, 0.4) is 0 Å². The van der Waals surface area contributed by atoms with Crippen LogP contribution in [0.1, 0.15) is 40.3 Å². The molecule has 1 saturated heterocycles. The zero-order chi connectivity index (χ0) is 21.6. The van der Waals surface area contributed by atoms with Crippen LogP contribution in [-0.4, -0.2) is 47.1 Å². The van der Waals surface area contributed by atoms with Gasteiger partial charge in [0, 0.05) is 24.9 Å². The standard InChI is InChI=1S/C24H26N4O3/c1-2-30-20-9-6-17(7-10-20)14-19-4-3-5-21(27-19)22-16-28(12-13-31-22)24(29)18-8-11-23(25)26-15-18/h3-11,15,22H,2,12-14,16H2,1H3,(H2,25,26). The molecule has 0 saturated carbocycles. The smallest absolute Gasteiger partial charge is 0.255 e. The van der Waals surface area contributed by atoms with Gasteiger partial charge >= 0.3 is 0 Å². The number of anilines is 1. The highest BCUT2D eigenvalue weighted by Crippen LogP contribution is 2.23. The van der Waals surface area contributed by atoms with Crippen molar-refractivity contribution in [2.24, 2.45) is 0 Å². The van der Waals surface area contributed by atoms with Gasteiger partial charge in [-0.25, -0.2) is 4.98 Å². The molecular formula is C24H26N4O3. The van der Waals surface area contributed by atoms with Crippen LogP contribution < -0.4 is 10.5 Å². The second-order valence-electron chi connectivity index (χ2n) is 7.39. The van der Waals surface area contributed by atoms with Crippen molar-refractivity contribution in [3.63, 3.8) is 0 Å². The molecule has 1 fully saturated rings. The molecule has 0 radical (unpaired) electrons. The molecule has 0 bridgehead atoms. The molecule has 1 atom stereocenters. The van der Waals surface area contributed by atoms with E-state index < -0.39 is 0 Å². The van der Waals surface area contributed by atoms with Gasteiger partial charge in [0.2, 0.25) is 0 Å². The third kappa shape index (κ3) is 5.19. The lowest BCUT2D eigenvalue weighted by Gasteiger charge is -2.32. The predicted octanol–water partition coefficient (Wildman–Crippen LogP) is 3.26. The van der Waals surface area contributed by atoms with Crippen LogP contribution >= 0.6 is 0 Å². The van der Waals surface area contributed by atoms with E-state index in [-0.39, 0.29) is 12.0 Å². The Morgan fingerprint density at radius 1 is 1.19 bits per heavy atom. The van der Waals surface area contributed by atoms with Gasteiger partial charge in [0.05, 0.1) is 31.0 Å². The molecule has 4 rings (SSSR count). The van der Waals surface area contributed by atoms with E-state index >= 15 is 0 Å². The number of hydrogen-bond acceptors (Lipinski definition) is 6. The minimum absolute atomic E-state index is 0.0775. The van der Waals surface area contributed by atoms with Gasteiger partial charge in [-0.3, -0.25) is 9.78 Å². The lowest BCUT2D eigenvalue weighted by Crippen LogP contribution is -2.42. The summed E-state index contributed by atoms with van der Waals surface area (Å²) in [5, 5.41) is 0. The van der Waals surface area contributed by atoms with E-state index in [1.807, 2.05) is 37.3 Å². The summed E-state index contributed by atoms with van der Waals surface area (Å²) in [5.41, 5.74) is 9.09. The topological polar surface area (TPSA) is 90.6 Å². The van der Waals surface area contributed by atoms with Gasteiger partial charge in [0.15, 0.2) is 0 Å². The molecule has 1 unspecified atom stereocenters. The summed E-state index contributed by atoms with van der Waals surface area (Å²) < 4.78 is 11.4. The van der Waals surface area contributed by atoms with E-state index in [1.165, 1.54) is 6.20 Å². The summed E-state index contributed by atoms with van der Waals surface area (Å²) >= 11 is 0. The van der Waals surface area contributed by atoms with Gasteiger partial charge in [-0.05, 0) is 48.9 Å². The second kappa shape index (κ2) is 9.57. The number of benzene rings is 1. The molecule has 0 spiro atoms. The maximum atomic E-state index is 12.8. The third-order valence-electron chi connectivity index (χ3n) is 5.16. The summed E-state index contributed by atoms with van der Waals surface area (Å²) in [7, 11) is 0. The van der Waals surface area contributed by atoms with Crippen LogP contribution in [0, 0.1) is 0 Å². The third-order valence-corrected chi connectivity index (χ3v) is 5.16. The minimum atomic E-state index is -0.264. The van der Waals surface area contributed by atoms with Crippen LogP contribution in [-0.2, 0) is 11.2 Å². The largest absolute Gasteiger partial charge is 0.494 e. The maximum Gasteiger partial charge on any atom is 0.255 e. The highest BCUT2D eigenvalue weighted by Gasteiger charge is 2.27. The maximum absolute atomic E-state index is 12.8. The summed E-state index contributed by atoms with van der Waals surface area (Å²) in [4.78, 5) is 23.4. The first-order valence-electron chi connectivity index (χ1n) is 10.4. The van der Waals surface area contributed by atoms with E-state index in [4.69, 9.17) is 20.2 Å². The number of pyridine rings is 2. The van der Waals surface area contributed by atoms with Crippen LogP contribution in [0.4, 0.5) is 5.82 Å². The average Bonchev–Trinajstić information content (AvgIpc) is 2.81. The van der Waals surface area contributed by atoms with Crippen molar-refractivity contribution in [3.8, 4) is 5.75 Å². The van der Waals surface area contributed by atoms with E-state index in [1.54, 1.807) is 17.0 Å². The van der Waals surface area contributed by atoms with Crippen LogP contribution in [0.15, 0.2) is 60.8 Å². The zero-order valence-corrected chi connectivity index (χ0v) is 17.5. The zero-order valence-electron chi connectivity index (χ0n) is 17.5. The van der Waals surface area contributed by atoms with Crippen LogP contribution in [0.5, 0.6) is 5.75 Å². The molecule has 2 aromatic heterocycles. The van der Waals surface area contributed by atoms with Crippen molar-refractivity contribution >= 4 is 11.7 Å². The molecule has 1 aromatic carbocycles. The van der Waals surface area contributed by atoms with Crippen molar-refractivity contribution in [2.75, 3.05) is 32.0 Å². The molecule has 1 aliphatic rings. The summed E-state index contributed by atoms with van der Waals surface area (Å²) in [6.45, 7) is 4.06. The fourth-order valence-corrected chi connectivity index (χ4v) is 3.58. The number of carbonyl (C=O) groups excluding carboxylic acids is 1.